The van der Waals surface area contributed by atoms with Gasteiger partial charge in [0, 0.05) is 16.7 Å². The van der Waals surface area contributed by atoms with Crippen LogP contribution in [0, 0.1) is 0 Å². The van der Waals surface area contributed by atoms with Crippen LogP contribution in [0.5, 0.6) is 11.5 Å². The first-order valence-electron chi connectivity index (χ1n) is 9.98. The van der Waals surface area contributed by atoms with Gasteiger partial charge in [-0.1, -0.05) is 30.1 Å². The standard InChI is InChI=1S/C22H23Cl2N3O5/c1-3-6-27(10-21(29)25-17-5-4-14(23)7-16(17)24)11-22(30)26-18-9-20-19(31-12-32-20)8-15(18)13(2)28/h4-5,7-9H,3,6,10-12H2,1-2H3,(H,25,29)(H,26,30). The molecule has 2 aromatic rings. The quantitative estimate of drug-likeness (QED) is 0.522. The summed E-state index contributed by atoms with van der Waals surface area (Å²) in [5.41, 5.74) is 1.09. The Morgan fingerprint density at radius 1 is 0.969 bits per heavy atom. The molecular weight excluding hydrogens is 457 g/mol. The molecule has 32 heavy (non-hydrogen) atoms. The molecular formula is C22H23Cl2N3O5. The summed E-state index contributed by atoms with van der Waals surface area (Å²) >= 11 is 12.0. The minimum absolute atomic E-state index is 0.0130. The molecule has 0 atom stereocenters. The molecule has 170 valence electrons. The van der Waals surface area contributed by atoms with Gasteiger partial charge in [0.2, 0.25) is 18.6 Å². The Bertz CT molecular complexity index is 1040. The highest BCUT2D eigenvalue weighted by molar-refractivity contribution is 6.36. The maximum atomic E-state index is 12.7. The normalized spacial score (nSPS) is 12.0. The summed E-state index contributed by atoms with van der Waals surface area (Å²) in [5.74, 6) is 0.0108. The van der Waals surface area contributed by atoms with Crippen LogP contribution < -0.4 is 20.1 Å². The van der Waals surface area contributed by atoms with Crippen molar-refractivity contribution in [3.63, 3.8) is 0 Å². The van der Waals surface area contributed by atoms with Crippen molar-refractivity contribution >= 4 is 52.2 Å². The number of hydrogen-bond donors (Lipinski definition) is 2. The van der Waals surface area contributed by atoms with E-state index in [2.05, 4.69) is 10.6 Å². The Balaban J connectivity index is 1.65. The fourth-order valence-corrected chi connectivity index (χ4v) is 3.70. The Morgan fingerprint density at radius 2 is 1.59 bits per heavy atom. The lowest BCUT2D eigenvalue weighted by atomic mass is 10.1. The third-order valence-corrected chi connectivity index (χ3v) is 5.19. The summed E-state index contributed by atoms with van der Waals surface area (Å²) in [6.45, 7) is 3.88. The van der Waals surface area contributed by atoms with Gasteiger partial charge >= 0.3 is 0 Å². The summed E-state index contributed by atoms with van der Waals surface area (Å²) in [6.07, 6.45) is 0.741. The molecule has 0 aliphatic carbocycles. The van der Waals surface area contributed by atoms with Crippen molar-refractivity contribution in [3.8, 4) is 11.5 Å². The van der Waals surface area contributed by atoms with Gasteiger partial charge in [0.15, 0.2) is 17.3 Å². The number of rotatable bonds is 9. The molecule has 1 aliphatic rings. The van der Waals surface area contributed by atoms with Gasteiger partial charge in [0.05, 0.1) is 29.5 Å². The number of Topliss-reactive ketones (excluding diaryl/α,β-unsaturated/α-hetero) is 1. The summed E-state index contributed by atoms with van der Waals surface area (Å²) in [7, 11) is 0. The van der Waals surface area contributed by atoms with E-state index in [1.165, 1.54) is 13.0 Å². The molecule has 0 saturated heterocycles. The van der Waals surface area contributed by atoms with E-state index in [0.717, 1.165) is 6.42 Å². The van der Waals surface area contributed by atoms with Crippen molar-refractivity contribution < 1.29 is 23.9 Å². The van der Waals surface area contributed by atoms with E-state index in [9.17, 15) is 14.4 Å². The Kier molecular flexibility index (Phi) is 7.95. The molecule has 0 bridgehead atoms. The molecule has 0 fully saturated rings. The number of ether oxygens (including phenoxy) is 2. The van der Waals surface area contributed by atoms with Gasteiger partial charge in [-0.25, -0.2) is 0 Å². The first kappa shape index (κ1) is 23.8. The van der Waals surface area contributed by atoms with Crippen molar-refractivity contribution in [2.24, 2.45) is 0 Å². The smallest absolute Gasteiger partial charge is 0.238 e. The molecule has 0 spiro atoms. The maximum absolute atomic E-state index is 12.7. The second-order valence-corrected chi connectivity index (χ2v) is 8.08. The molecule has 10 heteroatoms. The number of hydrogen-bond acceptors (Lipinski definition) is 6. The topological polar surface area (TPSA) is 97.0 Å². The summed E-state index contributed by atoms with van der Waals surface area (Å²) in [5, 5.41) is 6.26. The van der Waals surface area contributed by atoms with Gasteiger partial charge in [0.1, 0.15) is 0 Å². The van der Waals surface area contributed by atoms with E-state index in [4.69, 9.17) is 32.7 Å². The number of nitrogens with zero attached hydrogens (tertiary/aromatic N) is 1. The van der Waals surface area contributed by atoms with Crippen LogP contribution in [-0.4, -0.2) is 48.9 Å². The largest absolute Gasteiger partial charge is 0.454 e. The molecule has 2 amide bonds. The predicted molar refractivity (Wildman–Crippen MR) is 123 cm³/mol. The Labute approximate surface area is 195 Å². The molecule has 0 aromatic heterocycles. The molecule has 0 radical (unpaired) electrons. The summed E-state index contributed by atoms with van der Waals surface area (Å²) in [6, 6.07) is 7.89. The summed E-state index contributed by atoms with van der Waals surface area (Å²) < 4.78 is 10.6. The highest BCUT2D eigenvalue weighted by Gasteiger charge is 2.21. The zero-order chi connectivity index (χ0) is 23.3. The average molecular weight is 480 g/mol. The lowest BCUT2D eigenvalue weighted by Gasteiger charge is -2.21. The van der Waals surface area contributed by atoms with Gasteiger partial charge in [-0.3, -0.25) is 19.3 Å². The Hall–Kier alpha value is -2.81. The van der Waals surface area contributed by atoms with Crippen molar-refractivity contribution in [3.05, 3.63) is 45.9 Å². The van der Waals surface area contributed by atoms with E-state index >= 15 is 0 Å². The number of carbonyl (C=O) groups is 3. The van der Waals surface area contributed by atoms with Crippen LogP contribution >= 0.6 is 23.2 Å². The Morgan fingerprint density at radius 3 is 2.19 bits per heavy atom. The molecule has 0 saturated carbocycles. The average Bonchev–Trinajstić information content (AvgIpc) is 3.17. The molecule has 3 rings (SSSR count). The first-order chi connectivity index (χ1) is 15.3. The van der Waals surface area contributed by atoms with E-state index < -0.39 is 0 Å². The fraction of sp³-hybridized carbons (Fsp3) is 0.318. The van der Waals surface area contributed by atoms with E-state index in [1.54, 1.807) is 29.2 Å². The fourth-order valence-electron chi connectivity index (χ4n) is 3.24. The molecule has 0 unspecified atom stereocenters. The lowest BCUT2D eigenvalue weighted by molar-refractivity contribution is -0.120. The molecule has 8 nitrogen and oxygen atoms in total. The summed E-state index contributed by atoms with van der Waals surface area (Å²) in [4.78, 5) is 38.9. The number of halogens is 2. The van der Waals surface area contributed by atoms with Crippen molar-refractivity contribution in [1.29, 1.82) is 0 Å². The second kappa shape index (κ2) is 10.7. The minimum atomic E-state index is -0.364. The zero-order valence-corrected chi connectivity index (χ0v) is 19.2. The molecule has 2 aromatic carbocycles. The number of carbonyl (C=O) groups excluding carboxylic acids is 3. The minimum Gasteiger partial charge on any atom is -0.454 e. The van der Waals surface area contributed by atoms with Crippen LogP contribution in [0.25, 0.3) is 0 Å². The van der Waals surface area contributed by atoms with E-state index in [-0.39, 0.29) is 37.5 Å². The van der Waals surface area contributed by atoms with Gasteiger partial charge in [-0.15, -0.1) is 0 Å². The lowest BCUT2D eigenvalue weighted by Crippen LogP contribution is -2.39. The van der Waals surface area contributed by atoms with Gasteiger partial charge < -0.3 is 20.1 Å². The van der Waals surface area contributed by atoms with Crippen LogP contribution in [0.3, 0.4) is 0 Å². The van der Waals surface area contributed by atoms with Gasteiger partial charge in [-0.2, -0.15) is 0 Å². The number of benzene rings is 2. The number of ketones is 1. The van der Waals surface area contributed by atoms with E-state index in [0.29, 0.717) is 45.0 Å². The molecule has 1 heterocycles. The van der Waals surface area contributed by atoms with Gasteiger partial charge in [-0.05, 0) is 44.2 Å². The van der Waals surface area contributed by atoms with Crippen LogP contribution in [0.2, 0.25) is 10.0 Å². The van der Waals surface area contributed by atoms with Crippen molar-refractivity contribution in [2.45, 2.75) is 20.3 Å². The second-order valence-electron chi connectivity index (χ2n) is 7.24. The number of anilines is 2. The van der Waals surface area contributed by atoms with Crippen LogP contribution in [-0.2, 0) is 9.59 Å². The number of fused-ring (bicyclic) bond motifs is 1. The van der Waals surface area contributed by atoms with Gasteiger partial charge in [0.25, 0.3) is 0 Å². The molecule has 1 aliphatic heterocycles. The third kappa shape index (κ3) is 6.12. The maximum Gasteiger partial charge on any atom is 0.238 e. The molecule has 2 N–H and O–H groups in total. The first-order valence-corrected chi connectivity index (χ1v) is 10.7. The van der Waals surface area contributed by atoms with Crippen LogP contribution in [0.1, 0.15) is 30.6 Å². The van der Waals surface area contributed by atoms with E-state index in [1.807, 2.05) is 6.92 Å². The van der Waals surface area contributed by atoms with Crippen molar-refractivity contribution in [1.82, 2.24) is 4.90 Å². The highest BCUT2D eigenvalue weighted by Crippen LogP contribution is 2.37. The van der Waals surface area contributed by atoms with Crippen molar-refractivity contribution in [2.75, 3.05) is 37.1 Å². The zero-order valence-electron chi connectivity index (χ0n) is 17.7. The SMILES string of the molecule is CCCN(CC(=O)Nc1ccc(Cl)cc1Cl)CC(=O)Nc1cc2c(cc1C(C)=O)OCO2. The third-order valence-electron chi connectivity index (χ3n) is 4.65. The van der Waals surface area contributed by atoms with Crippen LogP contribution in [0.4, 0.5) is 11.4 Å². The number of nitrogens with one attached hydrogen (secondary N) is 2. The predicted octanol–water partition coefficient (Wildman–Crippen LogP) is 4.21. The monoisotopic (exact) mass is 479 g/mol. The number of amides is 2. The highest BCUT2D eigenvalue weighted by atomic mass is 35.5. The van der Waals surface area contributed by atoms with Crippen LogP contribution in [0.15, 0.2) is 30.3 Å².